The predicted molar refractivity (Wildman–Crippen MR) is 86.7 cm³/mol. The molecule has 0 saturated carbocycles. The van der Waals surface area contributed by atoms with Gasteiger partial charge in [-0.3, -0.25) is 5.43 Å². The number of hydrazone groups is 1. The number of hydrogen-bond donors (Lipinski definition) is 1. The van der Waals surface area contributed by atoms with Crippen LogP contribution in [0.5, 0.6) is 0 Å². The number of nitrogens with one attached hydrogen (secondary N) is 1. The van der Waals surface area contributed by atoms with Crippen molar-refractivity contribution in [3.63, 3.8) is 0 Å². The van der Waals surface area contributed by atoms with E-state index in [0.717, 1.165) is 16.2 Å². The number of thiocarbonyl (C=S) groups is 1. The van der Waals surface area contributed by atoms with Crippen LogP contribution in [0.15, 0.2) is 70.7 Å². The zero-order valence-electron chi connectivity index (χ0n) is 10.5. The molecule has 0 heterocycles. The van der Waals surface area contributed by atoms with E-state index in [1.54, 1.807) is 0 Å². The first-order valence-electron chi connectivity index (χ1n) is 5.88. The quantitative estimate of drug-likeness (QED) is 0.398. The van der Waals surface area contributed by atoms with Crippen molar-refractivity contribution < 1.29 is 0 Å². The van der Waals surface area contributed by atoms with Crippen LogP contribution in [0, 0.1) is 0 Å². The Morgan fingerprint density at radius 2 is 1.58 bits per heavy atom. The second-order valence-corrected chi connectivity index (χ2v) is 5.63. The first kappa shape index (κ1) is 13.8. The van der Waals surface area contributed by atoms with Crippen molar-refractivity contribution in [2.24, 2.45) is 5.10 Å². The Hall–Kier alpha value is -1.65. The Morgan fingerprint density at radius 1 is 1.00 bits per heavy atom. The van der Waals surface area contributed by atoms with Gasteiger partial charge in [0.25, 0.3) is 0 Å². The zero-order chi connectivity index (χ0) is 13.5. The van der Waals surface area contributed by atoms with Crippen molar-refractivity contribution in [3.8, 4) is 0 Å². The van der Waals surface area contributed by atoms with Crippen LogP contribution in [0.1, 0.15) is 12.5 Å². The van der Waals surface area contributed by atoms with Crippen molar-refractivity contribution in [1.29, 1.82) is 0 Å². The maximum Gasteiger partial charge on any atom is 0.158 e. The molecule has 4 heteroatoms. The van der Waals surface area contributed by atoms with Crippen molar-refractivity contribution in [2.75, 3.05) is 0 Å². The number of hydrogen-bond acceptors (Lipinski definition) is 3. The lowest BCUT2D eigenvalue weighted by Crippen LogP contribution is -2.13. The van der Waals surface area contributed by atoms with Crippen LogP contribution in [0.3, 0.4) is 0 Å². The molecule has 96 valence electrons. The molecule has 0 unspecified atom stereocenters. The molecule has 0 aliphatic heterocycles. The molecule has 0 aliphatic carbocycles. The van der Waals surface area contributed by atoms with Crippen molar-refractivity contribution in [1.82, 2.24) is 5.43 Å². The first-order valence-corrected chi connectivity index (χ1v) is 7.11. The summed E-state index contributed by atoms with van der Waals surface area (Å²) in [5.74, 6) is 0. The van der Waals surface area contributed by atoms with Crippen LogP contribution in [0.4, 0.5) is 0 Å². The van der Waals surface area contributed by atoms with Gasteiger partial charge < -0.3 is 0 Å². The van der Waals surface area contributed by atoms with Crippen LogP contribution in [0.25, 0.3) is 0 Å². The predicted octanol–water partition coefficient (Wildman–Crippen LogP) is 4.08. The maximum atomic E-state index is 5.25. The molecule has 2 nitrogen and oxygen atoms in total. The Balaban J connectivity index is 1.93. The molecule has 0 fully saturated rings. The van der Waals surface area contributed by atoms with Crippen LogP contribution < -0.4 is 5.43 Å². The molecule has 2 aromatic carbocycles. The van der Waals surface area contributed by atoms with Crippen LogP contribution in [-0.2, 0) is 0 Å². The average Bonchev–Trinajstić information content (AvgIpc) is 2.47. The van der Waals surface area contributed by atoms with Crippen LogP contribution >= 0.6 is 24.0 Å². The van der Waals surface area contributed by atoms with Crippen molar-refractivity contribution in [2.45, 2.75) is 11.8 Å². The molecule has 0 amide bonds. The fraction of sp³-hybridized carbons (Fsp3) is 0.0667. The number of benzene rings is 2. The minimum Gasteiger partial charge on any atom is -0.262 e. The summed E-state index contributed by atoms with van der Waals surface area (Å²) in [6.45, 7) is 1.96. The fourth-order valence-corrected chi connectivity index (χ4v) is 2.42. The summed E-state index contributed by atoms with van der Waals surface area (Å²) in [6, 6.07) is 20.0. The third-order valence-corrected chi connectivity index (χ3v) is 3.59. The molecular weight excluding hydrogens is 272 g/mol. The molecule has 0 atom stereocenters. The summed E-state index contributed by atoms with van der Waals surface area (Å²) < 4.78 is 0.640. The van der Waals surface area contributed by atoms with Crippen molar-refractivity contribution in [3.05, 3.63) is 66.2 Å². The van der Waals surface area contributed by atoms with Gasteiger partial charge in [0, 0.05) is 4.90 Å². The molecule has 19 heavy (non-hydrogen) atoms. The van der Waals surface area contributed by atoms with E-state index in [2.05, 4.69) is 10.5 Å². The maximum absolute atomic E-state index is 5.25. The highest BCUT2D eigenvalue weighted by Crippen LogP contribution is 2.17. The van der Waals surface area contributed by atoms with E-state index in [-0.39, 0.29) is 0 Å². The molecular formula is C15H14N2S2. The van der Waals surface area contributed by atoms with Gasteiger partial charge in [-0.05, 0) is 24.6 Å². The second-order valence-electron chi connectivity index (χ2n) is 3.88. The van der Waals surface area contributed by atoms with E-state index in [4.69, 9.17) is 12.2 Å². The summed E-state index contributed by atoms with van der Waals surface area (Å²) in [5, 5.41) is 4.30. The van der Waals surface area contributed by atoms with Crippen LogP contribution in [0.2, 0.25) is 0 Å². The Morgan fingerprint density at radius 3 is 2.21 bits per heavy atom. The lowest BCUT2D eigenvalue weighted by Gasteiger charge is -2.04. The molecule has 2 aromatic rings. The third-order valence-electron chi connectivity index (χ3n) is 2.46. The normalized spacial score (nSPS) is 11.1. The van der Waals surface area contributed by atoms with Gasteiger partial charge >= 0.3 is 0 Å². The Bertz CT molecular complexity index is 565. The molecule has 0 radical (unpaired) electrons. The highest BCUT2D eigenvalue weighted by Gasteiger charge is 1.99. The lowest BCUT2D eigenvalue weighted by atomic mass is 10.1. The first-order chi connectivity index (χ1) is 9.25. The fourth-order valence-electron chi connectivity index (χ4n) is 1.49. The number of nitrogens with zero attached hydrogens (tertiary/aromatic N) is 1. The van der Waals surface area contributed by atoms with Gasteiger partial charge in [0.15, 0.2) is 4.32 Å². The Kier molecular flexibility index (Phi) is 5.12. The summed E-state index contributed by atoms with van der Waals surface area (Å²) in [6.07, 6.45) is 0. The summed E-state index contributed by atoms with van der Waals surface area (Å²) in [7, 11) is 0. The van der Waals surface area contributed by atoms with Gasteiger partial charge in [0.05, 0.1) is 5.71 Å². The largest absolute Gasteiger partial charge is 0.262 e. The average molecular weight is 286 g/mol. The smallest absolute Gasteiger partial charge is 0.158 e. The molecule has 0 spiro atoms. The molecule has 0 bridgehead atoms. The van der Waals surface area contributed by atoms with Gasteiger partial charge in [-0.1, -0.05) is 72.5 Å². The van der Waals surface area contributed by atoms with E-state index in [0.29, 0.717) is 4.32 Å². The van der Waals surface area contributed by atoms with E-state index in [9.17, 15) is 0 Å². The zero-order valence-corrected chi connectivity index (χ0v) is 12.2. The second kappa shape index (κ2) is 7.07. The Labute approximate surface area is 122 Å². The summed E-state index contributed by atoms with van der Waals surface area (Å²) in [5.41, 5.74) is 4.91. The van der Waals surface area contributed by atoms with Crippen LogP contribution in [-0.4, -0.2) is 10.0 Å². The van der Waals surface area contributed by atoms with E-state index < -0.39 is 0 Å². The number of rotatable bonds is 3. The van der Waals surface area contributed by atoms with Crippen molar-refractivity contribution >= 4 is 34.0 Å². The lowest BCUT2D eigenvalue weighted by molar-refractivity contribution is 1.06. The third kappa shape index (κ3) is 4.50. The van der Waals surface area contributed by atoms with Gasteiger partial charge in [-0.15, -0.1) is 0 Å². The van der Waals surface area contributed by atoms with E-state index in [1.807, 2.05) is 67.6 Å². The van der Waals surface area contributed by atoms with E-state index >= 15 is 0 Å². The molecule has 1 N–H and O–H groups in total. The van der Waals surface area contributed by atoms with Gasteiger partial charge in [-0.2, -0.15) is 5.10 Å². The molecule has 0 aliphatic rings. The van der Waals surface area contributed by atoms with Gasteiger partial charge in [0.2, 0.25) is 0 Å². The standard InChI is InChI=1S/C15H14N2S2/c1-12(13-8-4-2-5-9-13)16-17-15(18)19-14-10-6-3-7-11-14/h2-11H,1H3,(H,17,18)/b16-12+. The SMILES string of the molecule is C/C(=N\NC(=S)Sc1ccccc1)c1ccccc1. The molecule has 0 saturated heterocycles. The minimum atomic E-state index is 0.640. The highest BCUT2D eigenvalue weighted by atomic mass is 32.2. The van der Waals surface area contributed by atoms with Gasteiger partial charge in [0.1, 0.15) is 0 Å². The van der Waals surface area contributed by atoms with Gasteiger partial charge in [-0.25, -0.2) is 0 Å². The summed E-state index contributed by atoms with van der Waals surface area (Å²) >= 11 is 6.74. The number of thioether (sulfide) groups is 1. The molecule has 0 aromatic heterocycles. The summed E-state index contributed by atoms with van der Waals surface area (Å²) in [4.78, 5) is 1.10. The van der Waals surface area contributed by atoms with E-state index in [1.165, 1.54) is 11.8 Å². The monoisotopic (exact) mass is 286 g/mol. The topological polar surface area (TPSA) is 24.4 Å². The highest BCUT2D eigenvalue weighted by molar-refractivity contribution is 8.23. The minimum absolute atomic E-state index is 0.640. The molecule has 2 rings (SSSR count).